The van der Waals surface area contributed by atoms with Gasteiger partial charge in [0.05, 0.1) is 41.2 Å². The van der Waals surface area contributed by atoms with Gasteiger partial charge in [0.1, 0.15) is 11.6 Å². The van der Waals surface area contributed by atoms with E-state index in [1.807, 2.05) is 13.8 Å². The van der Waals surface area contributed by atoms with Crippen LogP contribution >= 0.6 is 11.6 Å². The summed E-state index contributed by atoms with van der Waals surface area (Å²) in [5, 5.41) is 0.515. The lowest BCUT2D eigenvalue weighted by atomic mass is 10.1. The summed E-state index contributed by atoms with van der Waals surface area (Å²) in [6.45, 7) is 5.11. The van der Waals surface area contributed by atoms with Gasteiger partial charge in [0.15, 0.2) is 5.82 Å². The standard InChI is InChI=1S/C25H31ClFN5O2/c1-14-23(26)15(2)30-24(29-14)20-12-32(13-21(20)28)25(33)19-8-6-17(27)10-22(19)34-18-7-5-16(9-18)11-31(3)4/h6,8,10,16,18H,5,7,9,11-13,28H2,1-4H3. The number of carbonyl (C=O) groups excluding carboxylic acids is 1. The van der Waals surface area contributed by atoms with Crippen molar-refractivity contribution in [2.45, 2.75) is 39.2 Å². The minimum Gasteiger partial charge on any atom is -0.489 e. The van der Waals surface area contributed by atoms with Gasteiger partial charge in [0.25, 0.3) is 5.91 Å². The predicted molar refractivity (Wildman–Crippen MR) is 130 cm³/mol. The molecule has 0 radical (unpaired) electrons. The molecule has 34 heavy (non-hydrogen) atoms. The first-order valence-electron chi connectivity index (χ1n) is 11.5. The maximum absolute atomic E-state index is 14.1. The third-order valence-corrected chi connectivity index (χ3v) is 6.97. The zero-order chi connectivity index (χ0) is 24.6. The molecule has 2 heterocycles. The van der Waals surface area contributed by atoms with E-state index in [0.29, 0.717) is 45.0 Å². The minimum atomic E-state index is -0.436. The van der Waals surface area contributed by atoms with Crippen LogP contribution in [0.4, 0.5) is 4.39 Å². The molecule has 9 heteroatoms. The molecule has 2 unspecified atom stereocenters. The number of hydrogen-bond acceptors (Lipinski definition) is 6. The number of aryl methyl sites for hydroxylation is 2. The summed E-state index contributed by atoms with van der Waals surface area (Å²) in [5.41, 5.74) is 9.16. The molecule has 2 aliphatic rings. The number of amides is 1. The number of aromatic nitrogens is 2. The van der Waals surface area contributed by atoms with Crippen molar-refractivity contribution in [2.75, 3.05) is 33.7 Å². The molecule has 2 atom stereocenters. The van der Waals surface area contributed by atoms with Crippen LogP contribution in [0, 0.1) is 25.6 Å². The number of benzene rings is 1. The number of carbonyl (C=O) groups is 1. The van der Waals surface area contributed by atoms with Gasteiger partial charge in [0.2, 0.25) is 0 Å². The van der Waals surface area contributed by atoms with Gasteiger partial charge in [-0.25, -0.2) is 14.4 Å². The molecule has 1 saturated carbocycles. The minimum absolute atomic E-state index is 0.0379. The molecule has 2 aromatic rings. The van der Waals surface area contributed by atoms with E-state index in [4.69, 9.17) is 22.1 Å². The second kappa shape index (κ2) is 9.88. The Bertz CT molecular complexity index is 1110. The van der Waals surface area contributed by atoms with Gasteiger partial charge in [-0.05, 0) is 65.3 Å². The van der Waals surface area contributed by atoms with Gasteiger partial charge < -0.3 is 20.3 Å². The Morgan fingerprint density at radius 1 is 1.24 bits per heavy atom. The summed E-state index contributed by atoms with van der Waals surface area (Å²) in [6.07, 6.45) is 2.79. The smallest absolute Gasteiger partial charge is 0.258 e. The number of halogens is 2. The molecule has 0 bridgehead atoms. The van der Waals surface area contributed by atoms with Crippen molar-refractivity contribution in [3.05, 3.63) is 57.5 Å². The molecule has 0 saturated heterocycles. The third-order valence-electron chi connectivity index (χ3n) is 6.42. The van der Waals surface area contributed by atoms with E-state index < -0.39 is 5.82 Å². The van der Waals surface area contributed by atoms with Gasteiger partial charge in [-0.1, -0.05) is 11.6 Å². The fourth-order valence-corrected chi connectivity index (χ4v) is 4.87. The summed E-state index contributed by atoms with van der Waals surface area (Å²) in [5.74, 6) is 0.583. The highest BCUT2D eigenvalue weighted by Crippen LogP contribution is 2.33. The molecule has 1 amide bonds. The molecule has 0 spiro atoms. The van der Waals surface area contributed by atoms with E-state index in [1.54, 1.807) is 4.90 Å². The van der Waals surface area contributed by atoms with Crippen molar-refractivity contribution in [3.63, 3.8) is 0 Å². The van der Waals surface area contributed by atoms with Crippen LogP contribution in [0.3, 0.4) is 0 Å². The second-order valence-electron chi connectivity index (χ2n) is 9.52. The number of hydrogen-bond donors (Lipinski definition) is 1. The molecule has 1 aliphatic heterocycles. The van der Waals surface area contributed by atoms with Crippen LogP contribution in [-0.2, 0) is 0 Å². The van der Waals surface area contributed by atoms with Crippen LogP contribution in [0.25, 0.3) is 5.57 Å². The van der Waals surface area contributed by atoms with E-state index in [0.717, 1.165) is 25.8 Å². The van der Waals surface area contributed by atoms with E-state index in [-0.39, 0.29) is 30.9 Å². The monoisotopic (exact) mass is 487 g/mol. The Labute approximate surface area is 204 Å². The van der Waals surface area contributed by atoms with E-state index in [9.17, 15) is 9.18 Å². The fraction of sp³-hybridized carbons (Fsp3) is 0.480. The van der Waals surface area contributed by atoms with Crippen molar-refractivity contribution in [1.29, 1.82) is 0 Å². The van der Waals surface area contributed by atoms with Crippen LogP contribution in [0.15, 0.2) is 23.9 Å². The summed E-state index contributed by atoms with van der Waals surface area (Å²) in [4.78, 5) is 26.1. The maximum Gasteiger partial charge on any atom is 0.258 e. The first-order valence-corrected chi connectivity index (χ1v) is 11.9. The van der Waals surface area contributed by atoms with Gasteiger partial charge in [-0.2, -0.15) is 0 Å². The molecular weight excluding hydrogens is 457 g/mol. The topological polar surface area (TPSA) is 84.6 Å². The Kier molecular flexibility index (Phi) is 7.09. The average Bonchev–Trinajstić information content (AvgIpc) is 3.37. The van der Waals surface area contributed by atoms with Crippen molar-refractivity contribution in [2.24, 2.45) is 11.7 Å². The zero-order valence-electron chi connectivity index (χ0n) is 20.1. The first kappa shape index (κ1) is 24.4. The number of nitrogens with zero attached hydrogens (tertiary/aromatic N) is 4. The molecule has 1 fully saturated rings. The lowest BCUT2D eigenvalue weighted by Gasteiger charge is -2.21. The van der Waals surface area contributed by atoms with Crippen LogP contribution < -0.4 is 10.5 Å². The molecule has 182 valence electrons. The molecule has 2 N–H and O–H groups in total. The van der Waals surface area contributed by atoms with Gasteiger partial charge >= 0.3 is 0 Å². The maximum atomic E-state index is 14.1. The van der Waals surface area contributed by atoms with Crippen molar-refractivity contribution in [1.82, 2.24) is 19.8 Å². The number of rotatable bonds is 6. The molecule has 1 aromatic carbocycles. The predicted octanol–water partition coefficient (Wildman–Crippen LogP) is 3.82. The van der Waals surface area contributed by atoms with Crippen LogP contribution in [0.2, 0.25) is 5.02 Å². The number of nitrogens with two attached hydrogens (primary N) is 1. The normalized spacial score (nSPS) is 20.5. The van der Waals surface area contributed by atoms with Crippen molar-refractivity contribution >= 4 is 23.1 Å². The zero-order valence-corrected chi connectivity index (χ0v) is 20.8. The second-order valence-corrected chi connectivity index (χ2v) is 9.90. The summed E-state index contributed by atoms with van der Waals surface area (Å²) in [6, 6.07) is 4.07. The van der Waals surface area contributed by atoms with Gasteiger partial charge in [-0.3, -0.25) is 4.79 Å². The Balaban J connectivity index is 1.51. The Morgan fingerprint density at radius 2 is 1.94 bits per heavy atom. The highest BCUT2D eigenvalue weighted by Gasteiger charge is 2.32. The summed E-state index contributed by atoms with van der Waals surface area (Å²) in [7, 11) is 4.11. The fourth-order valence-electron chi connectivity index (χ4n) is 4.78. The van der Waals surface area contributed by atoms with E-state index >= 15 is 0 Å². The lowest BCUT2D eigenvalue weighted by molar-refractivity contribution is 0.0791. The molecule has 7 nitrogen and oxygen atoms in total. The van der Waals surface area contributed by atoms with Crippen LogP contribution in [0.1, 0.15) is 46.8 Å². The molecular formula is C25H31ClFN5O2. The van der Waals surface area contributed by atoms with Gasteiger partial charge in [0, 0.05) is 23.9 Å². The molecule has 1 aromatic heterocycles. The quantitative estimate of drug-likeness (QED) is 0.666. The first-order chi connectivity index (χ1) is 16.1. The van der Waals surface area contributed by atoms with Crippen LogP contribution in [0.5, 0.6) is 5.75 Å². The number of ether oxygens (including phenoxy) is 1. The lowest BCUT2D eigenvalue weighted by Crippen LogP contribution is -2.31. The average molecular weight is 488 g/mol. The third kappa shape index (κ3) is 5.18. The van der Waals surface area contributed by atoms with Crippen LogP contribution in [-0.4, -0.2) is 65.5 Å². The molecule has 1 aliphatic carbocycles. The van der Waals surface area contributed by atoms with Gasteiger partial charge in [-0.15, -0.1) is 0 Å². The SMILES string of the molecule is Cc1nc(C2=C(N)CN(C(=O)c3ccc(F)cc3OC3CCC(CN(C)C)C3)C2)nc(C)c1Cl. The summed E-state index contributed by atoms with van der Waals surface area (Å²) >= 11 is 6.20. The highest BCUT2D eigenvalue weighted by atomic mass is 35.5. The largest absolute Gasteiger partial charge is 0.489 e. The summed E-state index contributed by atoms with van der Waals surface area (Å²) < 4.78 is 20.3. The van der Waals surface area contributed by atoms with E-state index in [1.165, 1.54) is 18.2 Å². The Hall–Kier alpha value is -2.71. The molecule has 4 rings (SSSR count). The van der Waals surface area contributed by atoms with Crippen molar-refractivity contribution in [3.8, 4) is 5.75 Å². The van der Waals surface area contributed by atoms with E-state index in [2.05, 4.69) is 29.0 Å². The highest BCUT2D eigenvalue weighted by molar-refractivity contribution is 6.31. The van der Waals surface area contributed by atoms with Crippen molar-refractivity contribution < 1.29 is 13.9 Å². The Morgan fingerprint density at radius 3 is 2.62 bits per heavy atom.